The van der Waals surface area contributed by atoms with Crippen LogP contribution >= 0.6 is 0 Å². The summed E-state index contributed by atoms with van der Waals surface area (Å²) in [4.78, 5) is 11.6. The normalized spacial score (nSPS) is 11.1. The molecule has 0 aliphatic heterocycles. The SMILES string of the molecule is COc1cccc(C(=O)NCCC(C)(F)F)c1. The summed E-state index contributed by atoms with van der Waals surface area (Å²) in [5.41, 5.74) is 0.392. The number of carbonyl (C=O) groups is 1. The van der Waals surface area contributed by atoms with Gasteiger partial charge in [0.2, 0.25) is 5.92 Å². The van der Waals surface area contributed by atoms with E-state index in [1.807, 2.05) is 0 Å². The second-order valence-electron chi connectivity index (χ2n) is 3.81. The van der Waals surface area contributed by atoms with E-state index in [4.69, 9.17) is 4.74 Å². The maximum Gasteiger partial charge on any atom is 0.251 e. The number of nitrogens with one attached hydrogen (secondary N) is 1. The standard InChI is InChI=1S/C12H15F2NO2/c1-12(13,14)6-7-15-11(16)9-4-3-5-10(8-9)17-2/h3-5,8H,6-7H2,1-2H3,(H,15,16). The first kappa shape index (κ1) is 13.4. The number of amides is 1. The Hall–Kier alpha value is -1.65. The summed E-state index contributed by atoms with van der Waals surface area (Å²) in [5.74, 6) is -2.59. The summed E-state index contributed by atoms with van der Waals surface area (Å²) in [6.45, 7) is 0.768. The van der Waals surface area contributed by atoms with Crippen LogP contribution in [0.25, 0.3) is 0 Å². The molecule has 0 heterocycles. The first-order chi connectivity index (χ1) is 7.92. The van der Waals surface area contributed by atoms with Crippen molar-refractivity contribution in [2.45, 2.75) is 19.3 Å². The molecule has 0 fully saturated rings. The largest absolute Gasteiger partial charge is 0.497 e. The minimum absolute atomic E-state index is 0.0560. The number of rotatable bonds is 5. The Morgan fingerprint density at radius 3 is 2.76 bits per heavy atom. The number of methoxy groups -OCH3 is 1. The Balaban J connectivity index is 2.52. The highest BCUT2D eigenvalue weighted by Crippen LogP contribution is 2.16. The molecule has 1 amide bonds. The maximum absolute atomic E-state index is 12.5. The molecule has 0 aliphatic carbocycles. The molecule has 3 nitrogen and oxygen atoms in total. The second-order valence-corrected chi connectivity index (χ2v) is 3.81. The number of carbonyl (C=O) groups excluding carboxylic acids is 1. The maximum atomic E-state index is 12.5. The van der Waals surface area contributed by atoms with Gasteiger partial charge in [-0.2, -0.15) is 0 Å². The second kappa shape index (κ2) is 5.61. The Kier molecular flexibility index (Phi) is 4.43. The van der Waals surface area contributed by atoms with Gasteiger partial charge in [0.1, 0.15) is 5.75 Å². The van der Waals surface area contributed by atoms with Gasteiger partial charge in [-0.15, -0.1) is 0 Å². The third-order valence-corrected chi connectivity index (χ3v) is 2.18. The van der Waals surface area contributed by atoms with Crippen LogP contribution in [0, 0.1) is 0 Å². The van der Waals surface area contributed by atoms with Gasteiger partial charge in [0.25, 0.3) is 5.91 Å². The fourth-order valence-corrected chi connectivity index (χ4v) is 1.26. The summed E-state index contributed by atoms with van der Waals surface area (Å²) in [6, 6.07) is 6.53. The third kappa shape index (κ3) is 4.80. The lowest BCUT2D eigenvalue weighted by molar-refractivity contribution is 0.0137. The Bertz CT molecular complexity index is 388. The number of alkyl halides is 2. The van der Waals surface area contributed by atoms with Crippen molar-refractivity contribution < 1.29 is 18.3 Å². The molecule has 0 saturated carbocycles. The summed E-state index contributed by atoms with van der Waals surface area (Å²) >= 11 is 0. The van der Waals surface area contributed by atoms with Crippen LogP contribution in [0.5, 0.6) is 5.75 Å². The molecule has 1 aromatic carbocycles. The first-order valence-electron chi connectivity index (χ1n) is 5.22. The molecule has 17 heavy (non-hydrogen) atoms. The highest BCUT2D eigenvalue weighted by Gasteiger charge is 2.20. The van der Waals surface area contributed by atoms with E-state index in [9.17, 15) is 13.6 Å². The van der Waals surface area contributed by atoms with Gasteiger partial charge in [0.05, 0.1) is 7.11 Å². The van der Waals surface area contributed by atoms with Gasteiger partial charge in [0, 0.05) is 18.5 Å². The molecule has 1 N–H and O–H groups in total. The lowest BCUT2D eigenvalue weighted by atomic mass is 10.2. The van der Waals surface area contributed by atoms with E-state index in [1.165, 1.54) is 7.11 Å². The van der Waals surface area contributed by atoms with Gasteiger partial charge in [-0.25, -0.2) is 8.78 Å². The van der Waals surface area contributed by atoms with Crippen LogP contribution < -0.4 is 10.1 Å². The molecule has 94 valence electrons. The smallest absolute Gasteiger partial charge is 0.251 e. The van der Waals surface area contributed by atoms with Gasteiger partial charge in [-0.1, -0.05) is 6.07 Å². The minimum Gasteiger partial charge on any atom is -0.497 e. The van der Waals surface area contributed by atoms with Gasteiger partial charge in [-0.3, -0.25) is 4.79 Å². The minimum atomic E-state index is -2.76. The Morgan fingerprint density at radius 1 is 1.47 bits per heavy atom. The topological polar surface area (TPSA) is 38.3 Å². The summed E-state index contributed by atoms with van der Waals surface area (Å²) in [6.07, 6.45) is -0.372. The van der Waals surface area contributed by atoms with Crippen LogP contribution in [0.15, 0.2) is 24.3 Å². The van der Waals surface area contributed by atoms with Crippen LogP contribution in [-0.4, -0.2) is 25.5 Å². The average molecular weight is 243 g/mol. The van der Waals surface area contributed by atoms with E-state index in [-0.39, 0.29) is 18.9 Å². The van der Waals surface area contributed by atoms with Crippen molar-refractivity contribution in [1.82, 2.24) is 5.32 Å². The van der Waals surface area contributed by atoms with E-state index >= 15 is 0 Å². The molecule has 0 radical (unpaired) electrons. The van der Waals surface area contributed by atoms with Gasteiger partial charge >= 0.3 is 0 Å². The zero-order valence-electron chi connectivity index (χ0n) is 9.80. The predicted molar refractivity (Wildman–Crippen MR) is 60.6 cm³/mol. The molecule has 0 saturated heterocycles. The summed E-state index contributed by atoms with van der Waals surface area (Å²) in [5, 5.41) is 2.43. The van der Waals surface area contributed by atoms with Crippen molar-refractivity contribution in [2.75, 3.05) is 13.7 Å². The van der Waals surface area contributed by atoms with Crippen LogP contribution in [0.1, 0.15) is 23.7 Å². The first-order valence-corrected chi connectivity index (χ1v) is 5.22. The zero-order chi connectivity index (χ0) is 12.9. The van der Waals surface area contributed by atoms with Crippen molar-refractivity contribution in [1.29, 1.82) is 0 Å². The number of benzene rings is 1. The fourth-order valence-electron chi connectivity index (χ4n) is 1.26. The van der Waals surface area contributed by atoms with E-state index in [2.05, 4.69) is 5.32 Å². The lowest BCUT2D eigenvalue weighted by Crippen LogP contribution is -2.28. The van der Waals surface area contributed by atoms with Crippen LogP contribution in [0.2, 0.25) is 0 Å². The van der Waals surface area contributed by atoms with E-state index < -0.39 is 5.92 Å². The van der Waals surface area contributed by atoms with E-state index in [0.717, 1.165) is 6.92 Å². The van der Waals surface area contributed by atoms with Crippen LogP contribution in [0.4, 0.5) is 8.78 Å². The predicted octanol–water partition coefficient (Wildman–Crippen LogP) is 2.47. The molecule has 0 atom stereocenters. The molecule has 1 aromatic rings. The zero-order valence-corrected chi connectivity index (χ0v) is 9.80. The van der Waals surface area contributed by atoms with Crippen LogP contribution in [0.3, 0.4) is 0 Å². The Morgan fingerprint density at radius 2 is 2.18 bits per heavy atom. The van der Waals surface area contributed by atoms with Crippen molar-refractivity contribution >= 4 is 5.91 Å². The van der Waals surface area contributed by atoms with Crippen molar-refractivity contribution in [3.8, 4) is 5.75 Å². The average Bonchev–Trinajstić information content (AvgIpc) is 2.27. The summed E-state index contributed by atoms with van der Waals surface area (Å²) in [7, 11) is 1.49. The Labute approximate surface area is 98.8 Å². The molecule has 0 spiro atoms. The number of ether oxygens (including phenoxy) is 1. The number of halogens is 2. The molecule has 0 bridgehead atoms. The lowest BCUT2D eigenvalue weighted by Gasteiger charge is -2.11. The number of hydrogen-bond acceptors (Lipinski definition) is 2. The van der Waals surface area contributed by atoms with Gasteiger partial charge in [0.15, 0.2) is 0 Å². The highest BCUT2D eigenvalue weighted by molar-refractivity contribution is 5.94. The van der Waals surface area contributed by atoms with Gasteiger partial charge < -0.3 is 10.1 Å². The van der Waals surface area contributed by atoms with Gasteiger partial charge in [-0.05, 0) is 25.1 Å². The van der Waals surface area contributed by atoms with Crippen molar-refractivity contribution in [2.24, 2.45) is 0 Å². The van der Waals surface area contributed by atoms with E-state index in [1.54, 1.807) is 24.3 Å². The number of hydrogen-bond donors (Lipinski definition) is 1. The molecular weight excluding hydrogens is 228 g/mol. The molecular formula is C12H15F2NO2. The van der Waals surface area contributed by atoms with Crippen molar-refractivity contribution in [3.05, 3.63) is 29.8 Å². The van der Waals surface area contributed by atoms with E-state index in [0.29, 0.717) is 11.3 Å². The quantitative estimate of drug-likeness (QED) is 0.862. The molecule has 0 unspecified atom stereocenters. The van der Waals surface area contributed by atoms with Crippen LogP contribution in [-0.2, 0) is 0 Å². The highest BCUT2D eigenvalue weighted by atomic mass is 19.3. The fraction of sp³-hybridized carbons (Fsp3) is 0.417. The summed E-state index contributed by atoms with van der Waals surface area (Å²) < 4.78 is 30.0. The third-order valence-electron chi connectivity index (χ3n) is 2.18. The molecule has 0 aromatic heterocycles. The van der Waals surface area contributed by atoms with Crippen molar-refractivity contribution in [3.63, 3.8) is 0 Å². The molecule has 0 aliphatic rings. The molecule has 1 rings (SSSR count). The monoisotopic (exact) mass is 243 g/mol. The molecule has 5 heteroatoms.